The summed E-state index contributed by atoms with van der Waals surface area (Å²) in [5, 5.41) is 9.08. The highest BCUT2D eigenvalue weighted by molar-refractivity contribution is 5.32. The minimum atomic E-state index is -4.49. The van der Waals surface area contributed by atoms with Crippen LogP contribution in [-0.4, -0.2) is 47.0 Å². The second kappa shape index (κ2) is 5.30. The molecule has 0 radical (unpaired) electrons. The smallest absolute Gasteiger partial charge is 0.394 e. The standard InChI is InChI=1S/C11H14F3N3O2/c1-7-4-17(5-8(6-18)19-7)10-15-3-2-9(16-10)11(12,13)14/h2-3,7-8,18H,4-6H2,1H3. The molecule has 1 aliphatic heterocycles. The summed E-state index contributed by atoms with van der Waals surface area (Å²) in [5.74, 6) is 0.00317. The van der Waals surface area contributed by atoms with E-state index in [1.165, 1.54) is 0 Å². The van der Waals surface area contributed by atoms with Gasteiger partial charge in [0.1, 0.15) is 5.69 Å². The molecule has 0 amide bonds. The molecule has 0 aromatic carbocycles. The van der Waals surface area contributed by atoms with Crippen LogP contribution in [0, 0.1) is 0 Å². The third kappa shape index (κ3) is 3.32. The highest BCUT2D eigenvalue weighted by atomic mass is 19.4. The van der Waals surface area contributed by atoms with Crippen molar-refractivity contribution in [1.29, 1.82) is 0 Å². The molecular weight excluding hydrogens is 263 g/mol. The molecule has 5 nitrogen and oxygen atoms in total. The van der Waals surface area contributed by atoms with Crippen molar-refractivity contribution in [3.05, 3.63) is 18.0 Å². The van der Waals surface area contributed by atoms with Crippen molar-refractivity contribution in [1.82, 2.24) is 9.97 Å². The Bertz CT molecular complexity index is 441. The number of hydrogen-bond donors (Lipinski definition) is 1. The highest BCUT2D eigenvalue weighted by Gasteiger charge is 2.34. The quantitative estimate of drug-likeness (QED) is 0.876. The SMILES string of the molecule is CC1CN(c2nccc(C(F)(F)F)n2)CC(CO)O1. The number of morpholine rings is 1. The summed E-state index contributed by atoms with van der Waals surface area (Å²) >= 11 is 0. The lowest BCUT2D eigenvalue weighted by molar-refractivity contribution is -0.141. The first kappa shape index (κ1) is 14.0. The predicted molar refractivity (Wildman–Crippen MR) is 60.7 cm³/mol. The lowest BCUT2D eigenvalue weighted by Crippen LogP contribution is -2.48. The molecule has 0 spiro atoms. The van der Waals surface area contributed by atoms with Crippen molar-refractivity contribution in [2.75, 3.05) is 24.6 Å². The molecule has 0 saturated carbocycles. The van der Waals surface area contributed by atoms with Gasteiger partial charge in [-0.05, 0) is 13.0 Å². The van der Waals surface area contributed by atoms with Crippen LogP contribution >= 0.6 is 0 Å². The van der Waals surface area contributed by atoms with E-state index in [1.807, 2.05) is 0 Å². The molecule has 2 rings (SSSR count). The summed E-state index contributed by atoms with van der Waals surface area (Å²) in [6, 6.07) is 0.830. The largest absolute Gasteiger partial charge is 0.433 e. The maximum atomic E-state index is 12.6. The van der Waals surface area contributed by atoms with Crippen molar-refractivity contribution < 1.29 is 23.0 Å². The van der Waals surface area contributed by atoms with Gasteiger partial charge in [0.05, 0.1) is 18.8 Å². The number of hydrogen-bond acceptors (Lipinski definition) is 5. The normalized spacial score (nSPS) is 24.6. The molecule has 1 fully saturated rings. The molecule has 19 heavy (non-hydrogen) atoms. The molecule has 2 atom stereocenters. The maximum absolute atomic E-state index is 12.6. The summed E-state index contributed by atoms with van der Waals surface area (Å²) in [7, 11) is 0. The minimum absolute atomic E-state index is 0.00317. The van der Waals surface area contributed by atoms with Gasteiger partial charge in [-0.1, -0.05) is 0 Å². The van der Waals surface area contributed by atoms with Crippen LogP contribution in [0.25, 0.3) is 0 Å². The van der Waals surface area contributed by atoms with E-state index in [0.717, 1.165) is 12.3 Å². The summed E-state index contributed by atoms with van der Waals surface area (Å²) < 4.78 is 43.2. The molecule has 8 heteroatoms. The van der Waals surface area contributed by atoms with E-state index in [-0.39, 0.29) is 25.2 Å². The van der Waals surface area contributed by atoms with Crippen LogP contribution in [0.3, 0.4) is 0 Å². The topological polar surface area (TPSA) is 58.5 Å². The average molecular weight is 277 g/mol. The molecule has 106 valence electrons. The Labute approximate surface area is 108 Å². The van der Waals surface area contributed by atoms with E-state index < -0.39 is 18.0 Å². The highest BCUT2D eigenvalue weighted by Crippen LogP contribution is 2.28. The zero-order valence-electron chi connectivity index (χ0n) is 10.3. The van der Waals surface area contributed by atoms with Gasteiger partial charge in [-0.2, -0.15) is 13.2 Å². The number of halogens is 3. The number of aliphatic hydroxyl groups is 1. The molecule has 1 aromatic heterocycles. The van der Waals surface area contributed by atoms with Gasteiger partial charge in [-0.25, -0.2) is 9.97 Å². The third-order valence-electron chi connectivity index (χ3n) is 2.75. The van der Waals surface area contributed by atoms with Gasteiger partial charge < -0.3 is 14.7 Å². The van der Waals surface area contributed by atoms with Crippen LogP contribution in [0.1, 0.15) is 12.6 Å². The van der Waals surface area contributed by atoms with E-state index in [1.54, 1.807) is 11.8 Å². The Morgan fingerprint density at radius 3 is 2.84 bits per heavy atom. The Hall–Kier alpha value is -1.41. The molecule has 2 heterocycles. The van der Waals surface area contributed by atoms with Crippen LogP contribution in [0.4, 0.5) is 19.1 Å². The van der Waals surface area contributed by atoms with Crippen molar-refractivity contribution in [3.8, 4) is 0 Å². The Morgan fingerprint density at radius 2 is 2.21 bits per heavy atom. The van der Waals surface area contributed by atoms with Crippen molar-refractivity contribution in [2.24, 2.45) is 0 Å². The third-order valence-corrected chi connectivity index (χ3v) is 2.75. The van der Waals surface area contributed by atoms with Gasteiger partial charge >= 0.3 is 6.18 Å². The van der Waals surface area contributed by atoms with Crippen LogP contribution in [0.2, 0.25) is 0 Å². The fourth-order valence-corrected chi connectivity index (χ4v) is 1.97. The number of nitrogens with zero attached hydrogens (tertiary/aromatic N) is 3. The number of rotatable bonds is 2. The molecule has 1 aromatic rings. The van der Waals surface area contributed by atoms with Gasteiger partial charge in [-0.15, -0.1) is 0 Å². The molecule has 1 saturated heterocycles. The first-order valence-corrected chi connectivity index (χ1v) is 5.81. The fraction of sp³-hybridized carbons (Fsp3) is 0.636. The molecule has 2 unspecified atom stereocenters. The van der Waals surface area contributed by atoms with E-state index >= 15 is 0 Å². The van der Waals surface area contributed by atoms with Crippen LogP contribution < -0.4 is 4.90 Å². The van der Waals surface area contributed by atoms with E-state index in [4.69, 9.17) is 9.84 Å². The van der Waals surface area contributed by atoms with Gasteiger partial charge in [0.15, 0.2) is 0 Å². The van der Waals surface area contributed by atoms with Crippen LogP contribution in [0.15, 0.2) is 12.3 Å². The van der Waals surface area contributed by atoms with E-state index in [0.29, 0.717) is 6.54 Å². The first-order chi connectivity index (χ1) is 8.90. The molecular formula is C11H14F3N3O2. The number of aromatic nitrogens is 2. The molecule has 0 bridgehead atoms. The number of ether oxygens (including phenoxy) is 1. The van der Waals surface area contributed by atoms with Gasteiger partial charge in [0, 0.05) is 19.3 Å². The molecule has 1 N–H and O–H groups in total. The predicted octanol–water partition coefficient (Wildman–Crippen LogP) is 1.08. The summed E-state index contributed by atoms with van der Waals surface area (Å²) in [5.41, 5.74) is -0.975. The van der Waals surface area contributed by atoms with Crippen LogP contribution in [-0.2, 0) is 10.9 Å². The number of alkyl halides is 3. The van der Waals surface area contributed by atoms with Crippen molar-refractivity contribution in [3.63, 3.8) is 0 Å². The lowest BCUT2D eigenvalue weighted by Gasteiger charge is -2.36. The summed E-state index contributed by atoms with van der Waals surface area (Å²) in [4.78, 5) is 8.97. The second-order valence-corrected chi connectivity index (χ2v) is 4.40. The maximum Gasteiger partial charge on any atom is 0.433 e. The van der Waals surface area contributed by atoms with Gasteiger partial charge in [0.2, 0.25) is 5.95 Å². The Kier molecular flexibility index (Phi) is 3.91. The van der Waals surface area contributed by atoms with E-state index in [2.05, 4.69) is 9.97 Å². The van der Waals surface area contributed by atoms with Crippen LogP contribution in [0.5, 0.6) is 0 Å². The zero-order chi connectivity index (χ0) is 14.0. The Morgan fingerprint density at radius 1 is 1.47 bits per heavy atom. The van der Waals surface area contributed by atoms with Crippen molar-refractivity contribution >= 4 is 5.95 Å². The van der Waals surface area contributed by atoms with Crippen molar-refractivity contribution in [2.45, 2.75) is 25.3 Å². The number of aliphatic hydroxyl groups excluding tert-OH is 1. The monoisotopic (exact) mass is 277 g/mol. The summed E-state index contributed by atoms with van der Waals surface area (Å²) in [6.45, 7) is 2.24. The Balaban J connectivity index is 2.21. The first-order valence-electron chi connectivity index (χ1n) is 5.81. The van der Waals surface area contributed by atoms with Gasteiger partial charge in [-0.3, -0.25) is 0 Å². The van der Waals surface area contributed by atoms with Gasteiger partial charge in [0.25, 0.3) is 0 Å². The minimum Gasteiger partial charge on any atom is -0.394 e. The second-order valence-electron chi connectivity index (χ2n) is 4.40. The molecule has 1 aliphatic rings. The average Bonchev–Trinajstić information content (AvgIpc) is 2.37. The summed E-state index contributed by atoms with van der Waals surface area (Å²) in [6.07, 6.45) is -4.06. The molecule has 0 aliphatic carbocycles. The lowest BCUT2D eigenvalue weighted by atomic mass is 10.2. The fourth-order valence-electron chi connectivity index (χ4n) is 1.97. The zero-order valence-corrected chi connectivity index (χ0v) is 10.3. The number of anilines is 1. The van der Waals surface area contributed by atoms with E-state index in [9.17, 15) is 13.2 Å².